The Morgan fingerprint density at radius 3 is 2.88 bits per heavy atom. The van der Waals surface area contributed by atoms with Crippen LogP contribution in [0.25, 0.3) is 0 Å². The second kappa shape index (κ2) is 6.59. The van der Waals surface area contributed by atoms with Gasteiger partial charge in [0.05, 0.1) is 4.47 Å². The number of nitrogens with zero attached hydrogens (tertiary/aromatic N) is 1. The number of pyridine rings is 1. The molecule has 1 rings (SSSR count). The summed E-state index contributed by atoms with van der Waals surface area (Å²) in [7, 11) is 0. The van der Waals surface area contributed by atoms with Gasteiger partial charge in [-0.2, -0.15) is 0 Å². The number of carbonyl (C=O) groups is 1. The lowest BCUT2D eigenvalue weighted by molar-refractivity contribution is -0.121. The first kappa shape index (κ1) is 14.0. The van der Waals surface area contributed by atoms with Crippen LogP contribution in [0, 0.1) is 5.92 Å². The Morgan fingerprint density at radius 2 is 2.24 bits per heavy atom. The van der Waals surface area contributed by atoms with Gasteiger partial charge < -0.3 is 9.88 Å². The number of hydrogen-bond acceptors (Lipinski definition) is 2. The van der Waals surface area contributed by atoms with Crippen LogP contribution < -0.4 is 10.9 Å². The van der Waals surface area contributed by atoms with Crippen LogP contribution in [0.15, 0.2) is 27.6 Å². The number of rotatable bonds is 5. The van der Waals surface area contributed by atoms with E-state index in [4.69, 9.17) is 0 Å². The van der Waals surface area contributed by atoms with E-state index in [0.29, 0.717) is 16.9 Å². The molecule has 0 aliphatic heterocycles. The summed E-state index contributed by atoms with van der Waals surface area (Å²) >= 11 is 3.14. The number of halogens is 1. The van der Waals surface area contributed by atoms with Gasteiger partial charge in [0.1, 0.15) is 6.54 Å². The van der Waals surface area contributed by atoms with Crippen molar-refractivity contribution in [3.05, 3.63) is 33.2 Å². The van der Waals surface area contributed by atoms with Crippen LogP contribution in [0.3, 0.4) is 0 Å². The zero-order valence-electron chi connectivity index (χ0n) is 10.1. The molecule has 4 nitrogen and oxygen atoms in total. The summed E-state index contributed by atoms with van der Waals surface area (Å²) in [6, 6.07) is 3.39. The van der Waals surface area contributed by atoms with Gasteiger partial charge in [0.2, 0.25) is 5.91 Å². The lowest BCUT2D eigenvalue weighted by Crippen LogP contribution is -2.33. The lowest BCUT2D eigenvalue weighted by Gasteiger charge is -2.08. The molecule has 0 spiro atoms. The van der Waals surface area contributed by atoms with Gasteiger partial charge in [-0.05, 0) is 40.4 Å². The van der Waals surface area contributed by atoms with Crippen LogP contribution >= 0.6 is 15.9 Å². The largest absolute Gasteiger partial charge is 0.355 e. The molecule has 1 aromatic heterocycles. The quantitative estimate of drug-likeness (QED) is 0.901. The van der Waals surface area contributed by atoms with Crippen LogP contribution in [0.1, 0.15) is 20.3 Å². The fourth-order valence-electron chi connectivity index (χ4n) is 1.34. The van der Waals surface area contributed by atoms with Gasteiger partial charge >= 0.3 is 0 Å². The standard InChI is InChI=1S/C12H17BrN2O2/c1-9(2)5-6-14-11(16)8-15-7-3-4-10(13)12(15)17/h3-4,7,9H,5-6,8H2,1-2H3,(H,14,16). The normalized spacial score (nSPS) is 10.6. The summed E-state index contributed by atoms with van der Waals surface area (Å²) in [5.41, 5.74) is -0.188. The molecular formula is C12H17BrN2O2. The van der Waals surface area contributed by atoms with E-state index in [-0.39, 0.29) is 18.0 Å². The maximum absolute atomic E-state index is 11.6. The average molecular weight is 301 g/mol. The van der Waals surface area contributed by atoms with Gasteiger partial charge in [0.25, 0.3) is 5.56 Å². The first-order valence-corrected chi connectivity index (χ1v) is 6.41. The van der Waals surface area contributed by atoms with Gasteiger partial charge in [-0.1, -0.05) is 13.8 Å². The lowest BCUT2D eigenvalue weighted by atomic mass is 10.1. The molecule has 1 heterocycles. The Balaban J connectivity index is 2.51. The van der Waals surface area contributed by atoms with Gasteiger partial charge in [-0.15, -0.1) is 0 Å². The first-order valence-electron chi connectivity index (χ1n) is 5.62. The van der Waals surface area contributed by atoms with E-state index in [9.17, 15) is 9.59 Å². The van der Waals surface area contributed by atoms with Crippen LogP contribution in [-0.2, 0) is 11.3 Å². The third-order valence-electron chi connectivity index (χ3n) is 2.33. The summed E-state index contributed by atoms with van der Waals surface area (Å²) < 4.78 is 1.85. The molecule has 17 heavy (non-hydrogen) atoms. The molecular weight excluding hydrogens is 284 g/mol. The molecule has 94 valence electrons. The highest BCUT2D eigenvalue weighted by molar-refractivity contribution is 9.10. The predicted octanol–water partition coefficient (Wildman–Crippen LogP) is 1.77. The Labute approximate surface area is 109 Å². The minimum Gasteiger partial charge on any atom is -0.355 e. The van der Waals surface area contributed by atoms with Crippen LogP contribution in [0.5, 0.6) is 0 Å². The molecule has 0 saturated carbocycles. The molecule has 1 amide bonds. The highest BCUT2D eigenvalue weighted by Gasteiger charge is 2.05. The highest BCUT2D eigenvalue weighted by atomic mass is 79.9. The van der Waals surface area contributed by atoms with Crippen molar-refractivity contribution in [1.82, 2.24) is 9.88 Å². The molecule has 0 fully saturated rings. The predicted molar refractivity (Wildman–Crippen MR) is 70.9 cm³/mol. The summed E-state index contributed by atoms with van der Waals surface area (Å²) in [5, 5.41) is 2.80. The number of nitrogens with one attached hydrogen (secondary N) is 1. The molecule has 1 aromatic rings. The summed E-state index contributed by atoms with van der Waals surface area (Å²) in [5.74, 6) is 0.426. The number of amides is 1. The molecule has 1 N–H and O–H groups in total. The van der Waals surface area contributed by atoms with Crippen molar-refractivity contribution >= 4 is 21.8 Å². The zero-order chi connectivity index (χ0) is 12.8. The fraction of sp³-hybridized carbons (Fsp3) is 0.500. The van der Waals surface area contributed by atoms with Gasteiger partial charge in [0.15, 0.2) is 0 Å². The van der Waals surface area contributed by atoms with Gasteiger partial charge in [-0.25, -0.2) is 0 Å². The second-order valence-electron chi connectivity index (χ2n) is 4.32. The summed E-state index contributed by atoms with van der Waals surface area (Å²) in [4.78, 5) is 23.2. The molecule has 0 aromatic carbocycles. The van der Waals surface area contributed by atoms with Crippen molar-refractivity contribution in [3.8, 4) is 0 Å². The topological polar surface area (TPSA) is 51.1 Å². The number of hydrogen-bond donors (Lipinski definition) is 1. The minimum atomic E-state index is -0.188. The van der Waals surface area contributed by atoms with Gasteiger partial charge in [-0.3, -0.25) is 9.59 Å². The Kier molecular flexibility index (Phi) is 5.41. The summed E-state index contributed by atoms with van der Waals surface area (Å²) in [6.45, 7) is 4.92. The van der Waals surface area contributed by atoms with E-state index >= 15 is 0 Å². The monoisotopic (exact) mass is 300 g/mol. The molecule has 0 saturated heterocycles. The average Bonchev–Trinajstić information content (AvgIpc) is 2.24. The minimum absolute atomic E-state index is 0.0658. The van der Waals surface area contributed by atoms with E-state index in [2.05, 4.69) is 35.1 Å². The number of aromatic nitrogens is 1. The van der Waals surface area contributed by atoms with Crippen molar-refractivity contribution in [2.75, 3.05) is 6.54 Å². The third kappa shape index (κ3) is 4.73. The molecule has 0 bridgehead atoms. The maximum Gasteiger partial charge on any atom is 0.265 e. The van der Waals surface area contributed by atoms with Crippen molar-refractivity contribution in [1.29, 1.82) is 0 Å². The Hall–Kier alpha value is -1.10. The fourth-order valence-corrected chi connectivity index (χ4v) is 1.72. The van der Waals surface area contributed by atoms with Crippen LogP contribution in [0.2, 0.25) is 0 Å². The molecule has 0 aliphatic rings. The number of carbonyl (C=O) groups excluding carboxylic acids is 1. The Bertz CT molecular complexity index is 440. The zero-order valence-corrected chi connectivity index (χ0v) is 11.7. The van der Waals surface area contributed by atoms with E-state index in [1.807, 2.05) is 0 Å². The van der Waals surface area contributed by atoms with Crippen molar-refractivity contribution in [2.45, 2.75) is 26.8 Å². The smallest absolute Gasteiger partial charge is 0.265 e. The molecule has 0 atom stereocenters. The molecule has 0 unspecified atom stereocenters. The van der Waals surface area contributed by atoms with Gasteiger partial charge in [0, 0.05) is 12.7 Å². The molecule has 0 aliphatic carbocycles. The second-order valence-corrected chi connectivity index (χ2v) is 5.18. The van der Waals surface area contributed by atoms with E-state index < -0.39 is 0 Å². The first-order chi connectivity index (χ1) is 8.00. The van der Waals surface area contributed by atoms with E-state index in [1.165, 1.54) is 4.57 Å². The molecule has 5 heteroatoms. The van der Waals surface area contributed by atoms with Crippen molar-refractivity contribution < 1.29 is 4.79 Å². The van der Waals surface area contributed by atoms with E-state index in [0.717, 1.165) is 6.42 Å². The van der Waals surface area contributed by atoms with Crippen LogP contribution in [0.4, 0.5) is 0 Å². The highest BCUT2D eigenvalue weighted by Crippen LogP contribution is 2.00. The summed E-state index contributed by atoms with van der Waals surface area (Å²) in [6.07, 6.45) is 2.55. The van der Waals surface area contributed by atoms with Crippen LogP contribution in [-0.4, -0.2) is 17.0 Å². The third-order valence-corrected chi connectivity index (χ3v) is 2.94. The molecule has 0 radical (unpaired) electrons. The van der Waals surface area contributed by atoms with Crippen molar-refractivity contribution in [3.63, 3.8) is 0 Å². The Morgan fingerprint density at radius 1 is 1.53 bits per heavy atom. The maximum atomic E-state index is 11.6. The van der Waals surface area contributed by atoms with Crippen molar-refractivity contribution in [2.24, 2.45) is 5.92 Å². The SMILES string of the molecule is CC(C)CCNC(=O)Cn1cccc(Br)c1=O. The van der Waals surface area contributed by atoms with E-state index in [1.54, 1.807) is 18.3 Å².